The quantitative estimate of drug-likeness (QED) is 0.415. The Balaban J connectivity index is 1.73. The van der Waals surface area contributed by atoms with Gasteiger partial charge < -0.3 is 13.8 Å². The van der Waals surface area contributed by atoms with E-state index in [1.807, 2.05) is 24.3 Å². The van der Waals surface area contributed by atoms with Crippen LogP contribution in [0.2, 0.25) is 0 Å². The largest absolute Gasteiger partial charge is 0.464 e. The average molecular weight is 342 g/mol. The minimum absolute atomic E-state index is 0.317. The van der Waals surface area contributed by atoms with Crippen LogP contribution in [0.4, 0.5) is 0 Å². The Labute approximate surface area is 150 Å². The molecule has 0 aliphatic rings. The zero-order valence-electron chi connectivity index (χ0n) is 14.6. The highest BCUT2D eigenvalue weighted by Gasteiger charge is 2.17. The number of imidazole rings is 1. The van der Waals surface area contributed by atoms with Crippen molar-refractivity contribution in [2.75, 3.05) is 0 Å². The van der Waals surface area contributed by atoms with Crippen LogP contribution in [0.3, 0.4) is 0 Å². The standard InChI is InChI=1S/C22H18N2O2/c1-13(2)22-23-20(16-3-5-18-14(11-16)7-9-25-18)21(24-22)17-4-6-19-15(12-17)8-10-26-19/h3-13H,1-2H3,(H,23,24). The number of aromatic amines is 1. The van der Waals surface area contributed by atoms with E-state index in [1.165, 1.54) is 0 Å². The molecular formula is C22H18N2O2. The van der Waals surface area contributed by atoms with E-state index >= 15 is 0 Å². The molecule has 128 valence electrons. The zero-order valence-corrected chi connectivity index (χ0v) is 14.6. The Morgan fingerprint density at radius 2 is 1.42 bits per heavy atom. The molecule has 0 saturated heterocycles. The second-order valence-corrected chi connectivity index (χ2v) is 6.85. The van der Waals surface area contributed by atoms with Crippen LogP contribution < -0.4 is 0 Å². The minimum atomic E-state index is 0.317. The molecule has 5 rings (SSSR count). The summed E-state index contributed by atoms with van der Waals surface area (Å²) in [6, 6.07) is 16.4. The van der Waals surface area contributed by atoms with Crippen LogP contribution in [0.1, 0.15) is 25.6 Å². The van der Waals surface area contributed by atoms with E-state index in [0.29, 0.717) is 5.92 Å². The molecule has 5 aromatic rings. The topological polar surface area (TPSA) is 55.0 Å². The summed E-state index contributed by atoms with van der Waals surface area (Å²) in [5.41, 5.74) is 5.93. The Kier molecular flexibility index (Phi) is 3.25. The lowest BCUT2D eigenvalue weighted by Crippen LogP contribution is -1.89. The van der Waals surface area contributed by atoms with E-state index in [4.69, 9.17) is 13.8 Å². The summed E-state index contributed by atoms with van der Waals surface area (Å²) in [6.07, 6.45) is 3.43. The van der Waals surface area contributed by atoms with E-state index in [-0.39, 0.29) is 0 Å². The fourth-order valence-corrected chi connectivity index (χ4v) is 3.32. The lowest BCUT2D eigenvalue weighted by Gasteiger charge is -2.04. The first-order chi connectivity index (χ1) is 12.7. The lowest BCUT2D eigenvalue weighted by atomic mass is 10.0. The van der Waals surface area contributed by atoms with Crippen molar-refractivity contribution in [2.45, 2.75) is 19.8 Å². The van der Waals surface area contributed by atoms with Crippen molar-refractivity contribution in [3.05, 3.63) is 66.9 Å². The molecule has 0 saturated carbocycles. The Morgan fingerprint density at radius 3 is 2.08 bits per heavy atom. The molecule has 0 radical (unpaired) electrons. The molecule has 0 aliphatic carbocycles. The van der Waals surface area contributed by atoms with Gasteiger partial charge in [-0.2, -0.15) is 0 Å². The number of fused-ring (bicyclic) bond motifs is 2. The maximum absolute atomic E-state index is 5.47. The van der Waals surface area contributed by atoms with Gasteiger partial charge in [0, 0.05) is 27.8 Å². The third-order valence-corrected chi connectivity index (χ3v) is 4.74. The predicted octanol–water partition coefficient (Wildman–Crippen LogP) is 6.36. The number of nitrogens with zero attached hydrogens (tertiary/aromatic N) is 1. The van der Waals surface area contributed by atoms with Gasteiger partial charge in [-0.3, -0.25) is 0 Å². The summed E-state index contributed by atoms with van der Waals surface area (Å²) >= 11 is 0. The summed E-state index contributed by atoms with van der Waals surface area (Å²) < 4.78 is 10.9. The molecule has 0 unspecified atom stereocenters. The van der Waals surface area contributed by atoms with Gasteiger partial charge in [0.15, 0.2) is 0 Å². The van der Waals surface area contributed by atoms with Crippen molar-refractivity contribution in [3.8, 4) is 22.5 Å². The van der Waals surface area contributed by atoms with Crippen LogP contribution in [0, 0.1) is 0 Å². The van der Waals surface area contributed by atoms with Crippen LogP contribution in [0.15, 0.2) is 69.9 Å². The monoisotopic (exact) mass is 342 g/mol. The molecule has 0 fully saturated rings. The number of benzene rings is 2. The van der Waals surface area contributed by atoms with Crippen molar-refractivity contribution < 1.29 is 8.83 Å². The first-order valence-electron chi connectivity index (χ1n) is 8.74. The fraction of sp³-hybridized carbons (Fsp3) is 0.136. The Bertz CT molecular complexity index is 1130. The number of H-pyrrole nitrogens is 1. The van der Waals surface area contributed by atoms with Crippen molar-refractivity contribution >= 4 is 21.9 Å². The normalized spacial score (nSPS) is 11.8. The van der Waals surface area contributed by atoms with Crippen LogP contribution in [-0.2, 0) is 0 Å². The van der Waals surface area contributed by atoms with E-state index < -0.39 is 0 Å². The minimum Gasteiger partial charge on any atom is -0.464 e. The molecule has 0 amide bonds. The Hall–Kier alpha value is -3.27. The number of hydrogen-bond acceptors (Lipinski definition) is 3. The molecule has 0 bridgehead atoms. The smallest absolute Gasteiger partial charge is 0.133 e. The van der Waals surface area contributed by atoms with E-state index in [2.05, 4.69) is 43.1 Å². The lowest BCUT2D eigenvalue weighted by molar-refractivity contribution is 0.615. The van der Waals surface area contributed by atoms with Gasteiger partial charge in [0.1, 0.15) is 17.0 Å². The molecule has 3 aromatic heterocycles. The highest BCUT2D eigenvalue weighted by atomic mass is 16.3. The predicted molar refractivity (Wildman–Crippen MR) is 103 cm³/mol. The summed E-state index contributed by atoms with van der Waals surface area (Å²) in [4.78, 5) is 8.44. The van der Waals surface area contributed by atoms with Crippen molar-refractivity contribution in [1.29, 1.82) is 0 Å². The Morgan fingerprint density at radius 1 is 0.808 bits per heavy atom. The third-order valence-electron chi connectivity index (χ3n) is 4.74. The fourth-order valence-electron chi connectivity index (χ4n) is 3.32. The number of hydrogen-bond donors (Lipinski definition) is 1. The van der Waals surface area contributed by atoms with Gasteiger partial charge in [0.05, 0.1) is 23.9 Å². The molecule has 0 spiro atoms. The van der Waals surface area contributed by atoms with Crippen LogP contribution in [-0.4, -0.2) is 9.97 Å². The van der Waals surface area contributed by atoms with E-state index in [1.54, 1.807) is 12.5 Å². The molecule has 3 heterocycles. The maximum atomic E-state index is 5.47. The molecular weight excluding hydrogens is 324 g/mol. The highest BCUT2D eigenvalue weighted by Crippen LogP contribution is 2.35. The second kappa shape index (κ2) is 5.63. The van der Waals surface area contributed by atoms with Crippen molar-refractivity contribution in [3.63, 3.8) is 0 Å². The van der Waals surface area contributed by atoms with Gasteiger partial charge in [-0.05, 0) is 48.5 Å². The molecule has 26 heavy (non-hydrogen) atoms. The maximum Gasteiger partial charge on any atom is 0.133 e. The van der Waals surface area contributed by atoms with Crippen LogP contribution in [0.25, 0.3) is 44.5 Å². The van der Waals surface area contributed by atoms with Gasteiger partial charge in [-0.1, -0.05) is 13.8 Å². The van der Waals surface area contributed by atoms with Gasteiger partial charge in [-0.25, -0.2) is 4.98 Å². The molecule has 4 nitrogen and oxygen atoms in total. The molecule has 0 atom stereocenters. The molecule has 0 aliphatic heterocycles. The van der Waals surface area contributed by atoms with Gasteiger partial charge in [-0.15, -0.1) is 0 Å². The first kappa shape index (κ1) is 15.0. The molecule has 1 N–H and O–H groups in total. The number of furan rings is 2. The number of aromatic nitrogens is 2. The molecule has 4 heteroatoms. The molecule has 2 aromatic carbocycles. The zero-order chi connectivity index (χ0) is 17.7. The number of nitrogens with one attached hydrogen (secondary N) is 1. The summed E-state index contributed by atoms with van der Waals surface area (Å²) in [6.45, 7) is 4.29. The highest BCUT2D eigenvalue weighted by molar-refractivity contribution is 5.89. The number of rotatable bonds is 3. The third kappa shape index (κ3) is 2.34. The average Bonchev–Trinajstić information content (AvgIpc) is 3.38. The van der Waals surface area contributed by atoms with Gasteiger partial charge in [0.25, 0.3) is 0 Å². The second-order valence-electron chi connectivity index (χ2n) is 6.85. The SMILES string of the molecule is CC(C)c1nc(-c2ccc3occc3c2)c(-c2ccc3occc3c2)[nH]1. The first-order valence-corrected chi connectivity index (χ1v) is 8.74. The van der Waals surface area contributed by atoms with Gasteiger partial charge >= 0.3 is 0 Å². The van der Waals surface area contributed by atoms with Crippen molar-refractivity contribution in [1.82, 2.24) is 9.97 Å². The summed E-state index contributed by atoms with van der Waals surface area (Å²) in [5.74, 6) is 1.30. The van der Waals surface area contributed by atoms with Crippen LogP contribution >= 0.6 is 0 Å². The van der Waals surface area contributed by atoms with Crippen LogP contribution in [0.5, 0.6) is 0 Å². The van der Waals surface area contributed by atoms with E-state index in [9.17, 15) is 0 Å². The van der Waals surface area contributed by atoms with Crippen molar-refractivity contribution in [2.24, 2.45) is 0 Å². The summed E-state index contributed by atoms with van der Waals surface area (Å²) in [7, 11) is 0. The summed E-state index contributed by atoms with van der Waals surface area (Å²) in [5, 5.41) is 2.16. The van der Waals surface area contributed by atoms with Gasteiger partial charge in [0.2, 0.25) is 0 Å². The van der Waals surface area contributed by atoms with E-state index in [0.717, 1.165) is 50.3 Å².